The van der Waals surface area contributed by atoms with Gasteiger partial charge in [-0.3, -0.25) is 4.68 Å². The fourth-order valence-electron chi connectivity index (χ4n) is 4.50. The lowest BCUT2D eigenvalue weighted by molar-refractivity contribution is 0.457. The third kappa shape index (κ3) is 3.80. The third-order valence-electron chi connectivity index (χ3n) is 5.94. The van der Waals surface area contributed by atoms with E-state index >= 15 is 0 Å². The zero-order valence-corrected chi connectivity index (χ0v) is 18.1. The lowest BCUT2D eigenvalue weighted by Crippen LogP contribution is -2.28. The second-order valence-corrected chi connectivity index (χ2v) is 8.86. The zero-order valence-electron chi connectivity index (χ0n) is 18.1. The number of benzene rings is 1. The van der Waals surface area contributed by atoms with Crippen LogP contribution in [-0.2, 0) is 19.4 Å². The molecule has 3 aromatic heterocycles. The van der Waals surface area contributed by atoms with Gasteiger partial charge in [0.05, 0.1) is 6.20 Å². The van der Waals surface area contributed by atoms with Gasteiger partial charge in [0, 0.05) is 30.0 Å². The molecule has 1 aromatic carbocycles. The van der Waals surface area contributed by atoms with Gasteiger partial charge in [0.15, 0.2) is 5.65 Å². The zero-order chi connectivity index (χ0) is 21.5. The van der Waals surface area contributed by atoms with Crippen LogP contribution in [0.3, 0.4) is 0 Å². The van der Waals surface area contributed by atoms with Crippen molar-refractivity contribution in [3.63, 3.8) is 0 Å². The second kappa shape index (κ2) is 7.80. The number of anilines is 1. The van der Waals surface area contributed by atoms with Crippen molar-refractivity contribution in [1.29, 1.82) is 0 Å². The number of hydrogen-bond acceptors (Lipinski definition) is 4. The van der Waals surface area contributed by atoms with Crippen molar-refractivity contribution in [2.24, 2.45) is 5.92 Å². The van der Waals surface area contributed by atoms with E-state index in [0.717, 1.165) is 48.1 Å². The fourth-order valence-corrected chi connectivity index (χ4v) is 4.50. The Labute approximate surface area is 181 Å². The quantitative estimate of drug-likeness (QED) is 0.512. The van der Waals surface area contributed by atoms with Gasteiger partial charge in [0.25, 0.3) is 0 Å². The van der Waals surface area contributed by atoms with E-state index in [-0.39, 0.29) is 11.9 Å². The molecule has 5 rings (SSSR count). The predicted molar refractivity (Wildman–Crippen MR) is 120 cm³/mol. The Morgan fingerprint density at radius 3 is 2.90 bits per heavy atom. The number of rotatable bonds is 5. The minimum atomic E-state index is -0.231. The molecule has 0 aliphatic heterocycles. The van der Waals surface area contributed by atoms with Gasteiger partial charge in [0.2, 0.25) is 5.95 Å². The van der Waals surface area contributed by atoms with Crippen molar-refractivity contribution < 1.29 is 4.39 Å². The standard InChI is InChI=1S/C24H27FN6/c1-15(2)14-31-22-9-7-19(12-17(22)13-26-31)27-24-28-23-21(5-4-10-30(23)29-24)20-8-6-18(25)11-16(20)3/h4-6,8,10-11,13,15,19H,7,9,12,14H2,1-3H3,(H,27,29). The van der Waals surface area contributed by atoms with Gasteiger partial charge in [0.1, 0.15) is 5.82 Å². The SMILES string of the molecule is Cc1cc(F)ccc1-c1cccn2nc(NC3CCc4c(cnn4CC(C)C)C3)nc12. The Kier molecular flexibility index (Phi) is 4.96. The van der Waals surface area contributed by atoms with Crippen molar-refractivity contribution >= 4 is 11.6 Å². The molecular weight excluding hydrogens is 391 g/mol. The van der Waals surface area contributed by atoms with Gasteiger partial charge in [-0.25, -0.2) is 8.91 Å². The minimum absolute atomic E-state index is 0.231. The first-order valence-electron chi connectivity index (χ1n) is 10.9. The molecule has 7 heteroatoms. The molecule has 1 unspecified atom stereocenters. The van der Waals surface area contributed by atoms with E-state index in [9.17, 15) is 4.39 Å². The van der Waals surface area contributed by atoms with Gasteiger partial charge >= 0.3 is 0 Å². The maximum atomic E-state index is 13.6. The summed E-state index contributed by atoms with van der Waals surface area (Å²) in [6, 6.07) is 9.06. The van der Waals surface area contributed by atoms with Gasteiger partial charge in [-0.1, -0.05) is 19.9 Å². The van der Waals surface area contributed by atoms with Crippen LogP contribution in [-0.4, -0.2) is 30.4 Å². The molecule has 0 spiro atoms. The van der Waals surface area contributed by atoms with Crippen LogP contribution in [0.2, 0.25) is 0 Å². The molecule has 31 heavy (non-hydrogen) atoms. The predicted octanol–water partition coefficient (Wildman–Crippen LogP) is 4.67. The van der Waals surface area contributed by atoms with Crippen LogP contribution >= 0.6 is 0 Å². The average Bonchev–Trinajstić information content (AvgIpc) is 3.31. The Balaban J connectivity index is 1.39. The van der Waals surface area contributed by atoms with Gasteiger partial charge < -0.3 is 5.32 Å². The summed E-state index contributed by atoms with van der Waals surface area (Å²) in [6.07, 6.45) is 6.86. The number of nitrogens with one attached hydrogen (secondary N) is 1. The summed E-state index contributed by atoms with van der Waals surface area (Å²) >= 11 is 0. The summed E-state index contributed by atoms with van der Waals surface area (Å²) in [5, 5.41) is 12.8. The monoisotopic (exact) mass is 418 g/mol. The van der Waals surface area contributed by atoms with Gasteiger partial charge in [-0.05, 0) is 73.1 Å². The molecule has 0 amide bonds. The summed E-state index contributed by atoms with van der Waals surface area (Å²) < 4.78 is 17.5. The van der Waals surface area contributed by atoms with Crippen molar-refractivity contribution in [3.8, 4) is 11.1 Å². The summed E-state index contributed by atoms with van der Waals surface area (Å²) in [4.78, 5) is 4.77. The summed E-state index contributed by atoms with van der Waals surface area (Å²) in [6.45, 7) is 7.32. The Bertz CT molecular complexity index is 1240. The molecule has 160 valence electrons. The highest BCUT2D eigenvalue weighted by atomic mass is 19.1. The van der Waals surface area contributed by atoms with Crippen LogP contribution in [0.1, 0.15) is 37.1 Å². The number of hydrogen-bond donors (Lipinski definition) is 1. The number of pyridine rings is 1. The second-order valence-electron chi connectivity index (χ2n) is 8.86. The average molecular weight is 419 g/mol. The van der Waals surface area contributed by atoms with Crippen LogP contribution in [0, 0.1) is 18.7 Å². The maximum Gasteiger partial charge on any atom is 0.243 e. The van der Waals surface area contributed by atoms with Crippen molar-refractivity contribution in [2.45, 2.75) is 52.6 Å². The Hall–Kier alpha value is -3.22. The van der Waals surface area contributed by atoms with E-state index in [1.807, 2.05) is 31.5 Å². The van der Waals surface area contributed by atoms with E-state index in [0.29, 0.717) is 11.9 Å². The van der Waals surface area contributed by atoms with E-state index in [2.05, 4.69) is 34.0 Å². The van der Waals surface area contributed by atoms with Gasteiger partial charge in [-0.15, -0.1) is 5.10 Å². The molecular formula is C24H27FN6. The van der Waals surface area contributed by atoms with Crippen LogP contribution in [0.4, 0.5) is 10.3 Å². The number of nitrogens with zero attached hydrogens (tertiary/aromatic N) is 5. The first-order chi connectivity index (χ1) is 15.0. The topological polar surface area (TPSA) is 60.0 Å². The minimum Gasteiger partial charge on any atom is -0.350 e. The number of fused-ring (bicyclic) bond motifs is 2. The molecule has 6 nitrogen and oxygen atoms in total. The highest BCUT2D eigenvalue weighted by molar-refractivity contribution is 5.79. The molecule has 1 N–H and O–H groups in total. The lowest BCUT2D eigenvalue weighted by Gasteiger charge is -2.23. The first-order valence-corrected chi connectivity index (χ1v) is 10.9. The smallest absolute Gasteiger partial charge is 0.243 e. The van der Waals surface area contributed by atoms with Crippen LogP contribution < -0.4 is 5.32 Å². The Morgan fingerprint density at radius 1 is 1.23 bits per heavy atom. The van der Waals surface area contributed by atoms with Crippen LogP contribution in [0.5, 0.6) is 0 Å². The fraction of sp³-hybridized carbons (Fsp3) is 0.375. The van der Waals surface area contributed by atoms with E-state index in [1.165, 1.54) is 17.3 Å². The van der Waals surface area contributed by atoms with Crippen LogP contribution in [0.15, 0.2) is 42.7 Å². The number of aryl methyl sites for hydroxylation is 1. The molecule has 0 fully saturated rings. The van der Waals surface area contributed by atoms with Gasteiger partial charge in [-0.2, -0.15) is 10.1 Å². The lowest BCUT2D eigenvalue weighted by atomic mass is 9.93. The van der Waals surface area contributed by atoms with Crippen molar-refractivity contribution in [2.75, 3.05) is 5.32 Å². The molecule has 3 heterocycles. The molecule has 0 saturated carbocycles. The van der Waals surface area contributed by atoms with Crippen molar-refractivity contribution in [1.82, 2.24) is 24.4 Å². The van der Waals surface area contributed by atoms with E-state index in [4.69, 9.17) is 4.98 Å². The van der Waals surface area contributed by atoms with E-state index < -0.39 is 0 Å². The summed E-state index contributed by atoms with van der Waals surface area (Å²) in [5.41, 5.74) is 6.23. The van der Waals surface area contributed by atoms with E-state index in [1.54, 1.807) is 16.6 Å². The van der Waals surface area contributed by atoms with Crippen LogP contribution in [0.25, 0.3) is 16.8 Å². The molecule has 1 atom stereocenters. The molecule has 0 bridgehead atoms. The first kappa shape index (κ1) is 19.7. The molecule has 1 aliphatic carbocycles. The Morgan fingerprint density at radius 2 is 2.10 bits per heavy atom. The molecule has 0 radical (unpaired) electrons. The highest BCUT2D eigenvalue weighted by Gasteiger charge is 2.24. The molecule has 4 aromatic rings. The van der Waals surface area contributed by atoms with Crippen molar-refractivity contribution in [3.05, 3.63) is 65.4 Å². The maximum absolute atomic E-state index is 13.6. The number of aromatic nitrogens is 5. The summed E-state index contributed by atoms with van der Waals surface area (Å²) in [7, 11) is 0. The highest BCUT2D eigenvalue weighted by Crippen LogP contribution is 2.29. The molecule has 0 saturated heterocycles. The molecule has 1 aliphatic rings. The third-order valence-corrected chi connectivity index (χ3v) is 5.94. The summed E-state index contributed by atoms with van der Waals surface area (Å²) in [5.74, 6) is 0.974. The largest absolute Gasteiger partial charge is 0.350 e. The number of halogens is 1. The normalized spacial score (nSPS) is 16.1.